The highest BCUT2D eigenvalue weighted by molar-refractivity contribution is 7.47. The predicted molar refractivity (Wildman–Crippen MR) is 154 cm³/mol. The molecule has 38 heavy (non-hydrogen) atoms. The summed E-state index contributed by atoms with van der Waals surface area (Å²) in [4.78, 5) is 10.0. The molecular formula is C29H61NO7P+. The third-order valence-electron chi connectivity index (χ3n) is 7.46. The lowest BCUT2D eigenvalue weighted by molar-refractivity contribution is -0.918. The molecule has 1 aliphatic rings. The first-order valence-corrected chi connectivity index (χ1v) is 16.9. The average molecular weight is 567 g/mol. The van der Waals surface area contributed by atoms with Crippen molar-refractivity contribution >= 4 is 7.82 Å². The molecular weight excluding hydrogens is 505 g/mol. The van der Waals surface area contributed by atoms with Crippen LogP contribution in [0.5, 0.6) is 0 Å². The molecule has 0 aliphatic carbocycles. The molecule has 2 N–H and O–H groups in total. The maximum absolute atomic E-state index is 12.3. The van der Waals surface area contributed by atoms with Crippen molar-refractivity contribution in [2.75, 3.05) is 54.2 Å². The van der Waals surface area contributed by atoms with Crippen LogP contribution in [-0.4, -0.2) is 80.5 Å². The Balaban J connectivity index is 2.03. The van der Waals surface area contributed by atoms with E-state index in [1.54, 1.807) is 21.1 Å². The summed E-state index contributed by atoms with van der Waals surface area (Å²) in [6.45, 7) is 3.50. The van der Waals surface area contributed by atoms with Gasteiger partial charge in [-0.3, -0.25) is 9.05 Å². The Labute approximate surface area is 234 Å². The van der Waals surface area contributed by atoms with Crippen LogP contribution < -0.4 is 0 Å². The van der Waals surface area contributed by atoms with Crippen LogP contribution in [0.1, 0.15) is 122 Å². The lowest BCUT2D eigenvalue weighted by Crippen LogP contribution is -2.47. The van der Waals surface area contributed by atoms with Crippen molar-refractivity contribution in [1.82, 2.24) is 0 Å². The first-order chi connectivity index (χ1) is 18.1. The van der Waals surface area contributed by atoms with Crippen LogP contribution in [0.4, 0.5) is 0 Å². The number of phosphoric ester groups is 1. The van der Waals surface area contributed by atoms with Crippen molar-refractivity contribution < 1.29 is 37.6 Å². The van der Waals surface area contributed by atoms with E-state index in [1.807, 2.05) is 0 Å². The number of nitrogens with zero attached hydrogens (tertiary/aromatic N) is 1. The highest BCUT2D eigenvalue weighted by Crippen LogP contribution is 2.45. The van der Waals surface area contributed by atoms with Crippen LogP contribution in [0, 0.1) is 0 Å². The van der Waals surface area contributed by atoms with Crippen molar-refractivity contribution in [2.45, 2.75) is 134 Å². The van der Waals surface area contributed by atoms with E-state index >= 15 is 0 Å². The molecule has 0 amide bonds. The summed E-state index contributed by atoms with van der Waals surface area (Å²) in [6, 6.07) is 0. The minimum Gasteiger partial charge on any atom is -0.378 e. The minimum absolute atomic E-state index is 0.0692. The molecule has 0 aromatic heterocycles. The zero-order valence-electron chi connectivity index (χ0n) is 25.2. The number of hydrogen-bond donors (Lipinski definition) is 2. The van der Waals surface area contributed by atoms with Gasteiger partial charge in [0.2, 0.25) is 6.23 Å². The summed E-state index contributed by atoms with van der Waals surface area (Å²) in [5.41, 5.74) is -0.713. The third-order valence-corrected chi connectivity index (χ3v) is 8.39. The van der Waals surface area contributed by atoms with Gasteiger partial charge in [-0.15, -0.1) is 0 Å². The fraction of sp³-hybridized carbons (Fsp3) is 1.00. The Morgan fingerprint density at radius 2 is 1.32 bits per heavy atom. The number of aliphatic hydroxyl groups excluding tert-OH is 1. The van der Waals surface area contributed by atoms with E-state index in [1.165, 1.54) is 89.9 Å². The SMILES string of the molecule is CCCCCCCCCCCCCCCCCCOC[C@@]1(COP(=O)(O)OCC(O)[N+](C)(C)C)CCCO1. The second kappa shape index (κ2) is 20.8. The number of unbranched alkanes of at least 4 members (excludes halogenated alkanes) is 15. The Morgan fingerprint density at radius 1 is 0.816 bits per heavy atom. The van der Waals surface area contributed by atoms with E-state index in [2.05, 4.69) is 6.92 Å². The number of likely N-dealkylation sites (N-methyl/N-ethyl adjacent to an activating group) is 1. The molecule has 0 spiro atoms. The van der Waals surface area contributed by atoms with Crippen molar-refractivity contribution in [3.8, 4) is 0 Å². The van der Waals surface area contributed by atoms with Gasteiger partial charge in [-0.2, -0.15) is 0 Å². The maximum Gasteiger partial charge on any atom is 0.472 e. The number of ether oxygens (including phenoxy) is 2. The van der Waals surface area contributed by atoms with Crippen molar-refractivity contribution in [2.24, 2.45) is 0 Å². The summed E-state index contributed by atoms with van der Waals surface area (Å²) in [5.74, 6) is 0. The molecule has 0 aromatic carbocycles. The van der Waals surface area contributed by atoms with Gasteiger partial charge in [-0.25, -0.2) is 4.57 Å². The normalized spacial score (nSPS) is 20.6. The Morgan fingerprint density at radius 3 is 1.76 bits per heavy atom. The fourth-order valence-electron chi connectivity index (χ4n) is 4.66. The topological polar surface area (TPSA) is 94.5 Å². The van der Waals surface area contributed by atoms with E-state index in [0.29, 0.717) is 26.2 Å². The molecule has 228 valence electrons. The summed E-state index contributed by atoms with van der Waals surface area (Å²) in [5, 5.41) is 10.0. The van der Waals surface area contributed by atoms with Gasteiger partial charge in [0.05, 0.1) is 34.4 Å². The number of aliphatic hydroxyl groups is 1. The zero-order chi connectivity index (χ0) is 28.2. The quantitative estimate of drug-likeness (QED) is 0.0505. The van der Waals surface area contributed by atoms with Gasteiger partial charge in [-0.1, -0.05) is 103 Å². The van der Waals surface area contributed by atoms with Crippen LogP contribution >= 0.6 is 7.82 Å². The predicted octanol–water partition coefficient (Wildman–Crippen LogP) is 6.97. The molecule has 1 saturated heterocycles. The van der Waals surface area contributed by atoms with E-state index in [4.69, 9.17) is 18.5 Å². The van der Waals surface area contributed by atoms with Gasteiger partial charge in [0.1, 0.15) is 12.2 Å². The molecule has 3 atom stereocenters. The van der Waals surface area contributed by atoms with Gasteiger partial charge in [0.25, 0.3) is 0 Å². The lowest BCUT2D eigenvalue weighted by atomic mass is 10.0. The highest BCUT2D eigenvalue weighted by Gasteiger charge is 2.39. The van der Waals surface area contributed by atoms with Crippen LogP contribution in [0.15, 0.2) is 0 Å². The molecule has 0 bridgehead atoms. The second-order valence-electron chi connectivity index (χ2n) is 12.1. The number of phosphoric acid groups is 1. The van der Waals surface area contributed by atoms with Crippen LogP contribution in [0.25, 0.3) is 0 Å². The highest BCUT2D eigenvalue weighted by atomic mass is 31.2. The van der Waals surface area contributed by atoms with Gasteiger partial charge in [0, 0.05) is 13.2 Å². The fourth-order valence-corrected chi connectivity index (χ4v) is 5.45. The smallest absolute Gasteiger partial charge is 0.378 e. The molecule has 1 rings (SSSR count). The van der Waals surface area contributed by atoms with Crippen LogP contribution in [0.2, 0.25) is 0 Å². The molecule has 8 nitrogen and oxygen atoms in total. The number of rotatable bonds is 26. The largest absolute Gasteiger partial charge is 0.472 e. The molecule has 0 radical (unpaired) electrons. The minimum atomic E-state index is -4.29. The number of hydrogen-bond acceptors (Lipinski definition) is 6. The summed E-state index contributed by atoms with van der Waals surface area (Å²) in [6.07, 6.45) is 22.1. The lowest BCUT2D eigenvalue weighted by Gasteiger charge is -2.31. The Kier molecular flexibility index (Phi) is 19.7. The van der Waals surface area contributed by atoms with Crippen molar-refractivity contribution in [3.63, 3.8) is 0 Å². The van der Waals surface area contributed by atoms with Gasteiger partial charge >= 0.3 is 7.82 Å². The monoisotopic (exact) mass is 566 g/mol. The molecule has 1 heterocycles. The maximum atomic E-state index is 12.3. The molecule has 0 aromatic rings. The summed E-state index contributed by atoms with van der Waals surface area (Å²) >= 11 is 0. The molecule has 0 saturated carbocycles. The summed E-state index contributed by atoms with van der Waals surface area (Å²) < 4.78 is 34.4. The first-order valence-electron chi connectivity index (χ1n) is 15.4. The van der Waals surface area contributed by atoms with E-state index < -0.39 is 19.7 Å². The Bertz CT molecular complexity index is 608. The molecule has 9 heteroatoms. The Hall–Kier alpha value is -0.0500. The molecule has 2 unspecified atom stereocenters. The third kappa shape index (κ3) is 18.3. The van der Waals surface area contributed by atoms with E-state index in [9.17, 15) is 14.6 Å². The second-order valence-corrected chi connectivity index (χ2v) is 13.6. The average Bonchev–Trinajstić information content (AvgIpc) is 3.34. The van der Waals surface area contributed by atoms with Crippen LogP contribution in [-0.2, 0) is 23.1 Å². The standard InChI is InChI=1S/C29H60NO7P/c1-5-6-7-8-9-10-11-12-13-14-15-16-17-18-19-20-23-34-26-29(22-21-24-35-29)27-37-38(32,33)36-25-28(31)30(2,3)4/h28,31H,5-27H2,1-4H3/p+1/t28?,29-/m1/s1. The van der Waals surface area contributed by atoms with Gasteiger partial charge in [-0.05, 0) is 19.3 Å². The van der Waals surface area contributed by atoms with Crippen molar-refractivity contribution in [1.29, 1.82) is 0 Å². The van der Waals surface area contributed by atoms with E-state index in [0.717, 1.165) is 19.3 Å². The molecule has 1 aliphatic heterocycles. The van der Waals surface area contributed by atoms with Gasteiger partial charge < -0.3 is 24.0 Å². The first kappa shape index (κ1) is 36.0. The number of quaternary nitrogens is 1. The summed E-state index contributed by atoms with van der Waals surface area (Å²) in [7, 11) is 1.02. The zero-order valence-corrected chi connectivity index (χ0v) is 26.1. The van der Waals surface area contributed by atoms with E-state index in [-0.39, 0.29) is 17.7 Å². The van der Waals surface area contributed by atoms with Crippen LogP contribution in [0.3, 0.4) is 0 Å². The van der Waals surface area contributed by atoms with Gasteiger partial charge in [0.15, 0.2) is 0 Å². The molecule has 1 fully saturated rings. The van der Waals surface area contributed by atoms with Crippen molar-refractivity contribution in [3.05, 3.63) is 0 Å².